The lowest BCUT2D eigenvalue weighted by atomic mass is 10.0. The first-order valence-corrected chi connectivity index (χ1v) is 10.2. The topological polar surface area (TPSA) is 82.4 Å². The lowest BCUT2D eigenvalue weighted by molar-refractivity contribution is 0.0600. The molecule has 0 atom stereocenters. The van der Waals surface area contributed by atoms with Gasteiger partial charge >= 0.3 is 5.97 Å². The van der Waals surface area contributed by atoms with E-state index in [-0.39, 0.29) is 16.6 Å². The van der Waals surface area contributed by atoms with Crippen LogP contribution >= 0.6 is 11.6 Å². The van der Waals surface area contributed by atoms with Crippen molar-refractivity contribution in [3.05, 3.63) is 50.9 Å². The zero-order valence-corrected chi connectivity index (χ0v) is 17.9. The normalized spacial score (nSPS) is 10.6. The van der Waals surface area contributed by atoms with Crippen LogP contribution in [-0.2, 0) is 17.7 Å². The summed E-state index contributed by atoms with van der Waals surface area (Å²) in [5, 5.41) is 7.33. The molecular weight excluding hydrogens is 394 g/mol. The highest BCUT2D eigenvalue weighted by atomic mass is 35.5. The summed E-state index contributed by atoms with van der Waals surface area (Å²) in [6.07, 6.45) is 5.17. The van der Waals surface area contributed by atoms with Gasteiger partial charge in [0.1, 0.15) is 10.8 Å². The Balaban J connectivity index is 1.92. The number of hydrogen-bond acceptors (Lipinski definition) is 6. The van der Waals surface area contributed by atoms with E-state index >= 15 is 0 Å². The van der Waals surface area contributed by atoms with Crippen LogP contribution in [0.25, 0.3) is 0 Å². The summed E-state index contributed by atoms with van der Waals surface area (Å²) in [5.41, 5.74) is 1.74. The number of aromatic nitrogens is 2. The van der Waals surface area contributed by atoms with E-state index in [0.717, 1.165) is 30.6 Å². The van der Waals surface area contributed by atoms with Crippen molar-refractivity contribution in [3.8, 4) is 5.75 Å². The van der Waals surface area contributed by atoms with E-state index in [1.165, 1.54) is 11.8 Å². The Morgan fingerprint density at radius 1 is 1.28 bits per heavy atom. The van der Waals surface area contributed by atoms with Gasteiger partial charge in [0.05, 0.1) is 31.2 Å². The summed E-state index contributed by atoms with van der Waals surface area (Å²) in [4.78, 5) is 23.8. The predicted molar refractivity (Wildman–Crippen MR) is 114 cm³/mol. The average Bonchev–Trinajstić information content (AvgIpc) is 2.74. The van der Waals surface area contributed by atoms with Crippen LogP contribution in [0, 0.1) is 0 Å². The zero-order chi connectivity index (χ0) is 21.2. The van der Waals surface area contributed by atoms with Gasteiger partial charge in [0.15, 0.2) is 0 Å². The van der Waals surface area contributed by atoms with Crippen molar-refractivity contribution in [3.63, 3.8) is 0 Å². The van der Waals surface area contributed by atoms with Crippen LogP contribution in [0.3, 0.4) is 0 Å². The minimum Gasteiger partial charge on any atom is -0.493 e. The molecule has 2 rings (SSSR count). The number of esters is 1. The number of hydrogen-bond donors (Lipinski definition) is 1. The zero-order valence-electron chi connectivity index (χ0n) is 17.2. The minimum absolute atomic E-state index is 0.142. The van der Waals surface area contributed by atoms with Gasteiger partial charge in [-0.3, -0.25) is 4.79 Å². The van der Waals surface area contributed by atoms with Gasteiger partial charge in [-0.1, -0.05) is 24.9 Å². The molecule has 1 aromatic carbocycles. The summed E-state index contributed by atoms with van der Waals surface area (Å²) in [7, 11) is 1.37. The van der Waals surface area contributed by atoms with Gasteiger partial charge in [-0.15, -0.1) is 0 Å². The van der Waals surface area contributed by atoms with E-state index in [9.17, 15) is 9.59 Å². The molecule has 2 aromatic rings. The van der Waals surface area contributed by atoms with Gasteiger partial charge in [0.25, 0.3) is 5.56 Å². The predicted octanol–water partition coefficient (Wildman–Crippen LogP) is 3.93. The first-order valence-electron chi connectivity index (χ1n) is 9.85. The smallest absolute Gasteiger partial charge is 0.337 e. The van der Waals surface area contributed by atoms with Crippen LogP contribution in [0.4, 0.5) is 5.69 Å². The van der Waals surface area contributed by atoms with E-state index in [1.807, 2.05) is 19.1 Å². The van der Waals surface area contributed by atoms with Crippen LogP contribution in [0.1, 0.15) is 49.0 Å². The Bertz CT molecular complexity index is 883. The van der Waals surface area contributed by atoms with E-state index in [4.69, 9.17) is 21.1 Å². The van der Waals surface area contributed by atoms with Gasteiger partial charge in [-0.05, 0) is 49.9 Å². The molecule has 0 fully saturated rings. The summed E-state index contributed by atoms with van der Waals surface area (Å²) in [6, 6.07) is 5.36. The molecule has 0 aliphatic carbocycles. The van der Waals surface area contributed by atoms with E-state index in [0.29, 0.717) is 37.4 Å². The lowest BCUT2D eigenvalue weighted by Gasteiger charge is -2.13. The van der Waals surface area contributed by atoms with Gasteiger partial charge in [0, 0.05) is 13.1 Å². The second-order valence-corrected chi connectivity index (χ2v) is 6.92. The van der Waals surface area contributed by atoms with Crippen molar-refractivity contribution >= 4 is 23.3 Å². The Labute approximate surface area is 176 Å². The molecule has 158 valence electrons. The molecule has 0 saturated carbocycles. The van der Waals surface area contributed by atoms with E-state index < -0.39 is 0 Å². The molecule has 1 heterocycles. The molecular formula is C21H28ClN3O4. The second-order valence-electron chi connectivity index (χ2n) is 6.54. The third kappa shape index (κ3) is 6.22. The fraction of sp³-hybridized carbons (Fsp3) is 0.476. The van der Waals surface area contributed by atoms with Gasteiger partial charge in [-0.2, -0.15) is 5.10 Å². The van der Waals surface area contributed by atoms with Gasteiger partial charge in [-0.25, -0.2) is 9.48 Å². The molecule has 8 heteroatoms. The van der Waals surface area contributed by atoms with Crippen molar-refractivity contribution in [2.24, 2.45) is 0 Å². The third-order valence-corrected chi connectivity index (χ3v) is 4.83. The van der Waals surface area contributed by atoms with Crippen LogP contribution in [-0.4, -0.2) is 36.0 Å². The Morgan fingerprint density at radius 2 is 2.07 bits per heavy atom. The van der Waals surface area contributed by atoms with Crippen molar-refractivity contribution in [1.82, 2.24) is 9.78 Å². The second kappa shape index (κ2) is 11.5. The third-order valence-electron chi connectivity index (χ3n) is 4.46. The van der Waals surface area contributed by atoms with E-state index in [1.54, 1.807) is 12.3 Å². The Morgan fingerprint density at radius 3 is 2.76 bits per heavy atom. The number of carbonyl (C=O) groups excluding carboxylic acids is 1. The van der Waals surface area contributed by atoms with Crippen molar-refractivity contribution in [1.29, 1.82) is 0 Å². The van der Waals surface area contributed by atoms with Crippen LogP contribution in [0.15, 0.2) is 29.2 Å². The number of anilines is 1. The first kappa shape index (κ1) is 22.7. The molecule has 0 saturated heterocycles. The Kier molecular flexibility index (Phi) is 8.99. The van der Waals surface area contributed by atoms with Crippen LogP contribution < -0.4 is 15.6 Å². The number of nitrogens with zero attached hydrogens (tertiary/aromatic N) is 2. The average molecular weight is 422 g/mol. The monoisotopic (exact) mass is 421 g/mol. The lowest BCUT2D eigenvalue weighted by Crippen LogP contribution is -2.23. The number of unbranched alkanes of at least 4 members (excludes halogenated alkanes) is 1. The highest BCUT2D eigenvalue weighted by molar-refractivity contribution is 6.32. The quantitative estimate of drug-likeness (QED) is 0.437. The number of halogens is 1. The SMILES string of the molecule is CCCCc1cc(C(=O)OC)ccc1OCCCNc1cnn(CC)c(=O)c1Cl. The number of nitrogens with one attached hydrogen (secondary N) is 1. The molecule has 29 heavy (non-hydrogen) atoms. The van der Waals surface area contributed by atoms with Crippen LogP contribution in [0.2, 0.25) is 5.02 Å². The number of rotatable bonds is 11. The molecule has 1 aromatic heterocycles. The number of carbonyl (C=O) groups is 1. The molecule has 0 radical (unpaired) electrons. The molecule has 0 aliphatic heterocycles. The fourth-order valence-electron chi connectivity index (χ4n) is 2.82. The summed E-state index contributed by atoms with van der Waals surface area (Å²) >= 11 is 6.10. The summed E-state index contributed by atoms with van der Waals surface area (Å²) in [5.74, 6) is 0.422. The first-order chi connectivity index (χ1) is 14.0. The molecule has 0 bridgehead atoms. The number of aryl methyl sites for hydroxylation is 2. The summed E-state index contributed by atoms with van der Waals surface area (Å²) in [6.45, 7) is 5.50. The number of benzene rings is 1. The van der Waals surface area contributed by atoms with Crippen molar-refractivity contribution in [2.45, 2.75) is 46.1 Å². The minimum atomic E-state index is -0.353. The van der Waals surface area contributed by atoms with Gasteiger partial charge < -0.3 is 14.8 Å². The molecule has 0 spiro atoms. The van der Waals surface area contributed by atoms with E-state index in [2.05, 4.69) is 17.3 Å². The summed E-state index contributed by atoms with van der Waals surface area (Å²) < 4.78 is 12.0. The molecule has 1 N–H and O–H groups in total. The maximum atomic E-state index is 12.0. The maximum Gasteiger partial charge on any atom is 0.337 e. The van der Waals surface area contributed by atoms with Crippen molar-refractivity contribution < 1.29 is 14.3 Å². The number of ether oxygens (including phenoxy) is 2. The Hall–Kier alpha value is -2.54. The standard InChI is InChI=1S/C21H28ClN3O4/c1-4-6-8-15-13-16(21(27)28-3)9-10-18(15)29-12-7-11-23-17-14-24-25(5-2)20(26)19(17)22/h9-10,13-14,23H,4-8,11-12H2,1-3H3. The maximum absolute atomic E-state index is 12.0. The molecule has 0 amide bonds. The molecule has 7 nitrogen and oxygen atoms in total. The highest BCUT2D eigenvalue weighted by Crippen LogP contribution is 2.23. The van der Waals surface area contributed by atoms with Gasteiger partial charge in [0.2, 0.25) is 0 Å². The van der Waals surface area contributed by atoms with Crippen LogP contribution in [0.5, 0.6) is 5.75 Å². The molecule has 0 unspecified atom stereocenters. The largest absolute Gasteiger partial charge is 0.493 e. The highest BCUT2D eigenvalue weighted by Gasteiger charge is 2.11. The molecule has 0 aliphatic rings. The fourth-order valence-corrected chi connectivity index (χ4v) is 3.03. The number of methoxy groups -OCH3 is 1. The van der Waals surface area contributed by atoms with Crippen molar-refractivity contribution in [2.75, 3.05) is 25.6 Å².